The summed E-state index contributed by atoms with van der Waals surface area (Å²) in [5, 5.41) is 1.10. The van der Waals surface area contributed by atoms with Gasteiger partial charge in [0.15, 0.2) is 0 Å². The summed E-state index contributed by atoms with van der Waals surface area (Å²) in [4.78, 5) is 20.6. The molecule has 0 bridgehead atoms. The van der Waals surface area contributed by atoms with E-state index in [4.69, 9.17) is 4.74 Å². The first-order valence-electron chi connectivity index (χ1n) is 10.0. The highest BCUT2D eigenvalue weighted by atomic mass is 16.5. The molecule has 1 fully saturated rings. The van der Waals surface area contributed by atoms with Crippen LogP contribution in [-0.2, 0) is 13.0 Å². The average molecular weight is 375 g/mol. The van der Waals surface area contributed by atoms with E-state index < -0.39 is 0 Å². The standard InChI is InChI=1S/C23H25N3O2/c1-16-2-4-20-19(12-16)14-21(24-20)23(27)26-9-7-25(8-10-26)15-17-3-5-22-18(13-17)6-11-28-22/h2-5,12-14,24H,6-11,15H2,1H3. The van der Waals surface area contributed by atoms with E-state index >= 15 is 0 Å². The number of hydrogen-bond donors (Lipinski definition) is 1. The van der Waals surface area contributed by atoms with E-state index in [9.17, 15) is 4.79 Å². The van der Waals surface area contributed by atoms with Gasteiger partial charge in [-0.1, -0.05) is 23.8 Å². The Labute approximate surface area is 164 Å². The van der Waals surface area contributed by atoms with Gasteiger partial charge in [-0.2, -0.15) is 0 Å². The number of hydrogen-bond acceptors (Lipinski definition) is 3. The predicted molar refractivity (Wildman–Crippen MR) is 110 cm³/mol. The number of H-pyrrole nitrogens is 1. The van der Waals surface area contributed by atoms with Gasteiger partial charge in [0, 0.05) is 50.0 Å². The Hall–Kier alpha value is -2.79. The molecule has 0 atom stereocenters. The van der Waals surface area contributed by atoms with Crippen LogP contribution in [0, 0.1) is 6.92 Å². The summed E-state index contributed by atoms with van der Waals surface area (Å²) in [7, 11) is 0. The lowest BCUT2D eigenvalue weighted by Crippen LogP contribution is -2.48. The average Bonchev–Trinajstić information content (AvgIpc) is 3.34. The van der Waals surface area contributed by atoms with E-state index in [0.717, 1.165) is 62.4 Å². The van der Waals surface area contributed by atoms with Crippen molar-refractivity contribution in [3.8, 4) is 5.75 Å². The van der Waals surface area contributed by atoms with Crippen LogP contribution >= 0.6 is 0 Å². The van der Waals surface area contributed by atoms with E-state index in [1.165, 1.54) is 16.7 Å². The zero-order valence-electron chi connectivity index (χ0n) is 16.2. The molecule has 3 aromatic rings. The molecule has 0 unspecified atom stereocenters. The van der Waals surface area contributed by atoms with Crippen molar-refractivity contribution in [2.75, 3.05) is 32.8 Å². The van der Waals surface area contributed by atoms with Crippen LogP contribution in [0.25, 0.3) is 10.9 Å². The van der Waals surface area contributed by atoms with E-state index in [1.54, 1.807) is 0 Å². The Morgan fingerprint density at radius 2 is 1.93 bits per heavy atom. The Bertz CT molecular complexity index is 1030. The van der Waals surface area contributed by atoms with Crippen LogP contribution in [0.15, 0.2) is 42.5 Å². The fourth-order valence-corrected chi connectivity index (χ4v) is 4.24. The monoisotopic (exact) mass is 375 g/mol. The number of aryl methyl sites for hydroxylation is 1. The van der Waals surface area contributed by atoms with E-state index in [1.807, 2.05) is 17.0 Å². The van der Waals surface area contributed by atoms with Crippen LogP contribution in [0.5, 0.6) is 5.75 Å². The molecular weight excluding hydrogens is 350 g/mol. The summed E-state index contributed by atoms with van der Waals surface area (Å²) in [6.45, 7) is 7.13. The SMILES string of the molecule is Cc1ccc2[nH]c(C(=O)N3CCN(Cc4ccc5c(c4)CCO5)CC3)cc2c1. The van der Waals surface area contributed by atoms with Crippen molar-refractivity contribution in [3.63, 3.8) is 0 Å². The molecule has 28 heavy (non-hydrogen) atoms. The molecule has 3 heterocycles. The molecule has 1 N–H and O–H groups in total. The minimum Gasteiger partial charge on any atom is -0.493 e. The van der Waals surface area contributed by atoms with Crippen LogP contribution in [0.3, 0.4) is 0 Å². The molecule has 0 saturated carbocycles. The first kappa shape index (κ1) is 17.3. The maximum absolute atomic E-state index is 12.9. The maximum Gasteiger partial charge on any atom is 0.270 e. The van der Waals surface area contributed by atoms with Gasteiger partial charge in [-0.05, 0) is 42.3 Å². The molecule has 0 radical (unpaired) electrons. The van der Waals surface area contributed by atoms with E-state index in [2.05, 4.69) is 47.1 Å². The number of piperazine rings is 1. The Kier molecular flexibility index (Phi) is 4.32. The third kappa shape index (κ3) is 3.27. The smallest absolute Gasteiger partial charge is 0.270 e. The maximum atomic E-state index is 12.9. The van der Waals surface area contributed by atoms with Crippen LogP contribution < -0.4 is 4.74 Å². The highest BCUT2D eigenvalue weighted by Gasteiger charge is 2.23. The Morgan fingerprint density at radius 1 is 1.07 bits per heavy atom. The molecule has 5 heteroatoms. The number of carbonyl (C=O) groups excluding carboxylic acids is 1. The molecule has 1 amide bonds. The van der Waals surface area contributed by atoms with Gasteiger partial charge in [-0.3, -0.25) is 9.69 Å². The van der Waals surface area contributed by atoms with Crippen LogP contribution in [0.4, 0.5) is 0 Å². The molecule has 2 aromatic carbocycles. The van der Waals surface area contributed by atoms with Crippen LogP contribution in [-0.4, -0.2) is 53.5 Å². The molecule has 2 aliphatic rings. The minimum absolute atomic E-state index is 0.100. The van der Waals surface area contributed by atoms with Gasteiger partial charge in [-0.25, -0.2) is 0 Å². The van der Waals surface area contributed by atoms with E-state index in [-0.39, 0.29) is 5.91 Å². The van der Waals surface area contributed by atoms with Crippen molar-refractivity contribution < 1.29 is 9.53 Å². The van der Waals surface area contributed by atoms with Gasteiger partial charge >= 0.3 is 0 Å². The molecule has 1 saturated heterocycles. The quantitative estimate of drug-likeness (QED) is 0.764. The first-order chi connectivity index (χ1) is 13.7. The van der Waals surface area contributed by atoms with Gasteiger partial charge in [0.25, 0.3) is 5.91 Å². The Balaban J connectivity index is 1.22. The van der Waals surface area contributed by atoms with Crippen LogP contribution in [0.1, 0.15) is 27.2 Å². The summed E-state index contributed by atoms with van der Waals surface area (Å²) >= 11 is 0. The molecule has 0 spiro atoms. The molecule has 144 valence electrons. The summed E-state index contributed by atoms with van der Waals surface area (Å²) in [5.41, 5.74) is 5.56. The number of benzene rings is 2. The number of aromatic nitrogens is 1. The number of rotatable bonds is 3. The minimum atomic E-state index is 0.100. The lowest BCUT2D eigenvalue weighted by Gasteiger charge is -2.34. The summed E-state index contributed by atoms with van der Waals surface area (Å²) in [5.74, 6) is 1.14. The second-order valence-electron chi connectivity index (χ2n) is 7.88. The highest BCUT2D eigenvalue weighted by molar-refractivity contribution is 5.98. The van der Waals surface area contributed by atoms with Gasteiger partial charge in [-0.15, -0.1) is 0 Å². The topological polar surface area (TPSA) is 48.6 Å². The summed E-state index contributed by atoms with van der Waals surface area (Å²) in [6.07, 6.45) is 1.01. The van der Waals surface area contributed by atoms with Crippen molar-refractivity contribution in [1.29, 1.82) is 0 Å². The molecular formula is C23H25N3O2. The third-order valence-electron chi connectivity index (χ3n) is 5.83. The number of nitrogens with zero attached hydrogens (tertiary/aromatic N) is 2. The van der Waals surface area contributed by atoms with Crippen molar-refractivity contribution in [3.05, 3.63) is 64.8 Å². The van der Waals surface area contributed by atoms with Gasteiger partial charge in [0.05, 0.1) is 6.61 Å². The van der Waals surface area contributed by atoms with Gasteiger partial charge < -0.3 is 14.6 Å². The van der Waals surface area contributed by atoms with Crippen LogP contribution in [0.2, 0.25) is 0 Å². The second-order valence-corrected chi connectivity index (χ2v) is 7.88. The number of fused-ring (bicyclic) bond motifs is 2. The molecule has 5 nitrogen and oxygen atoms in total. The lowest BCUT2D eigenvalue weighted by molar-refractivity contribution is 0.0623. The third-order valence-corrected chi connectivity index (χ3v) is 5.83. The number of nitrogens with one attached hydrogen (secondary N) is 1. The zero-order valence-corrected chi connectivity index (χ0v) is 16.2. The summed E-state index contributed by atoms with van der Waals surface area (Å²) < 4.78 is 5.59. The zero-order chi connectivity index (χ0) is 19.1. The number of amides is 1. The highest BCUT2D eigenvalue weighted by Crippen LogP contribution is 2.26. The number of ether oxygens (including phenoxy) is 1. The fraction of sp³-hybridized carbons (Fsp3) is 0.348. The number of carbonyl (C=O) groups is 1. The molecule has 2 aliphatic heterocycles. The van der Waals surface area contributed by atoms with Gasteiger partial charge in [0.1, 0.15) is 11.4 Å². The van der Waals surface area contributed by atoms with Crippen molar-refractivity contribution in [2.45, 2.75) is 19.9 Å². The molecule has 1 aromatic heterocycles. The number of aromatic amines is 1. The fourth-order valence-electron chi connectivity index (χ4n) is 4.24. The largest absolute Gasteiger partial charge is 0.493 e. The summed E-state index contributed by atoms with van der Waals surface area (Å²) in [6, 6.07) is 14.7. The normalized spacial score (nSPS) is 17.0. The van der Waals surface area contributed by atoms with Crippen molar-refractivity contribution in [2.24, 2.45) is 0 Å². The lowest BCUT2D eigenvalue weighted by atomic mass is 10.1. The molecule has 5 rings (SSSR count). The van der Waals surface area contributed by atoms with Crippen molar-refractivity contribution >= 4 is 16.8 Å². The molecule has 0 aliphatic carbocycles. The predicted octanol–water partition coefficient (Wildman–Crippen LogP) is 3.37. The van der Waals surface area contributed by atoms with Gasteiger partial charge in [0.2, 0.25) is 0 Å². The second kappa shape index (κ2) is 6.99. The first-order valence-corrected chi connectivity index (χ1v) is 10.0. The van der Waals surface area contributed by atoms with Crippen molar-refractivity contribution in [1.82, 2.24) is 14.8 Å². The Morgan fingerprint density at radius 3 is 2.79 bits per heavy atom. The van der Waals surface area contributed by atoms with E-state index in [0.29, 0.717) is 5.69 Å².